The first kappa shape index (κ1) is 51.1. The van der Waals surface area contributed by atoms with Gasteiger partial charge in [-0.1, -0.05) is 123 Å². The topological polar surface area (TPSA) is 217 Å². The van der Waals surface area contributed by atoms with E-state index in [0.29, 0.717) is 51.4 Å². The van der Waals surface area contributed by atoms with Crippen molar-refractivity contribution in [1.82, 2.24) is 0 Å². The fraction of sp³-hybridized carbons (Fsp3) is 0.375. The van der Waals surface area contributed by atoms with E-state index in [2.05, 4.69) is 84.9 Å². The van der Waals surface area contributed by atoms with Crippen LogP contribution in [-0.4, -0.2) is 74.9 Å². The molecule has 0 aromatic heterocycles. The summed E-state index contributed by atoms with van der Waals surface area (Å²) in [6.07, 6.45) is 5.23. The summed E-state index contributed by atoms with van der Waals surface area (Å²) in [5.74, 6) is -1.45. The number of unbranched alkanes of at least 4 members (excludes halogenated alkanes) is 4. The number of rotatable bonds is 22. The van der Waals surface area contributed by atoms with E-state index in [1.54, 1.807) is 0 Å². The third kappa shape index (κ3) is 12.3. The summed E-state index contributed by atoms with van der Waals surface area (Å²) in [7, 11) is -16.6. The molecule has 2 aliphatic rings. The molecule has 7 rings (SSSR count). The summed E-state index contributed by atoms with van der Waals surface area (Å²) in [5, 5.41) is 0. The molecule has 5 aromatic rings. The largest absolute Gasteiger partial charge is 1.00 e. The molecule has 0 saturated heterocycles. The molecule has 5 aromatic carbocycles. The Bertz CT molecular complexity index is 2700. The van der Waals surface area contributed by atoms with Gasteiger partial charge in [-0.2, -0.15) is 33.7 Å². The van der Waals surface area contributed by atoms with Crippen molar-refractivity contribution in [3.63, 3.8) is 0 Å². The monoisotopic (exact) mass is 974 g/mol. The molecule has 0 fully saturated rings. The van der Waals surface area contributed by atoms with Crippen LogP contribution in [0.5, 0.6) is 0 Å². The second-order valence-electron chi connectivity index (χ2n) is 17.3. The molecule has 0 aliphatic heterocycles. The Morgan fingerprint density at radius 1 is 0.338 bits per heavy atom. The fourth-order valence-electron chi connectivity index (χ4n) is 10.3. The third-order valence-electron chi connectivity index (χ3n) is 13.1. The Labute approximate surface area is 407 Å². The maximum atomic E-state index is 11.6. The van der Waals surface area contributed by atoms with Crippen LogP contribution < -0.4 is 29.6 Å². The second-order valence-corrected chi connectivity index (χ2v) is 23.6. The van der Waals surface area contributed by atoms with E-state index in [0.717, 1.165) is 66.8 Å². The average molecular weight is 975 g/mol. The van der Waals surface area contributed by atoms with E-state index >= 15 is 0 Å². The molecule has 0 heterocycles. The van der Waals surface area contributed by atoms with Crippen LogP contribution in [-0.2, 0) is 51.3 Å². The van der Waals surface area contributed by atoms with Crippen LogP contribution in [0.1, 0.15) is 101 Å². The van der Waals surface area contributed by atoms with Crippen LogP contribution in [0.15, 0.2) is 109 Å². The van der Waals surface area contributed by atoms with E-state index in [1.165, 1.54) is 0 Å². The zero-order valence-corrected chi connectivity index (χ0v) is 41.7. The van der Waals surface area contributed by atoms with Crippen LogP contribution in [0.3, 0.4) is 0 Å². The molecule has 65 heavy (non-hydrogen) atoms. The van der Waals surface area contributed by atoms with Crippen LogP contribution in [0.25, 0.3) is 44.5 Å². The SMILES string of the molecule is O=S(=O)(O)CCCCC1(CCCCS(=O)(=O)O)c2ccccc2-c2ccc(-c3ccc(-c4ccc5c(c4)C(CCCCS(=O)(=O)O)(CCCCS(=O)(=O)O)c4ccccc4-5)cc3)cc21.[H-].[Na+]. The quantitative estimate of drug-likeness (QED) is 0.0316. The van der Waals surface area contributed by atoms with Crippen molar-refractivity contribution in [2.24, 2.45) is 0 Å². The Hall–Kier alpha value is -3.26. The van der Waals surface area contributed by atoms with Crippen LogP contribution in [0.2, 0.25) is 0 Å². The van der Waals surface area contributed by atoms with Crippen LogP contribution in [0, 0.1) is 0 Å². The minimum Gasteiger partial charge on any atom is -1.00 e. The van der Waals surface area contributed by atoms with Gasteiger partial charge in [-0.15, -0.1) is 0 Å². The molecule has 4 N–H and O–H groups in total. The fourth-order valence-corrected chi connectivity index (χ4v) is 12.6. The van der Waals surface area contributed by atoms with E-state index in [4.69, 9.17) is 0 Å². The van der Waals surface area contributed by atoms with Gasteiger partial charge in [-0.3, -0.25) is 18.2 Å². The average Bonchev–Trinajstić information content (AvgIpc) is 3.66. The first-order valence-corrected chi connectivity index (χ1v) is 28.0. The van der Waals surface area contributed by atoms with E-state index in [1.807, 2.05) is 24.3 Å². The molecule has 0 bridgehead atoms. The predicted octanol–water partition coefficient (Wildman–Crippen LogP) is 6.90. The zero-order valence-electron chi connectivity index (χ0n) is 37.4. The van der Waals surface area contributed by atoms with Gasteiger partial charge in [-0.25, -0.2) is 0 Å². The summed E-state index contributed by atoms with van der Waals surface area (Å²) in [5.41, 5.74) is 11.1. The summed E-state index contributed by atoms with van der Waals surface area (Å²) < 4.78 is 131. The van der Waals surface area contributed by atoms with Gasteiger partial charge >= 0.3 is 29.6 Å². The van der Waals surface area contributed by atoms with Gasteiger partial charge in [0, 0.05) is 10.8 Å². The van der Waals surface area contributed by atoms with Crippen molar-refractivity contribution >= 4 is 40.5 Å². The molecule has 344 valence electrons. The molecular formula is C48H55NaO12S4. The molecule has 17 heteroatoms. The van der Waals surface area contributed by atoms with Crippen molar-refractivity contribution < 1.29 is 82.9 Å². The number of fused-ring (bicyclic) bond motifs is 6. The molecule has 0 unspecified atom stereocenters. The third-order valence-corrected chi connectivity index (χ3v) is 16.3. The number of hydrogen-bond acceptors (Lipinski definition) is 8. The van der Waals surface area contributed by atoms with Gasteiger partial charge in [0.15, 0.2) is 0 Å². The van der Waals surface area contributed by atoms with Crippen LogP contribution >= 0.6 is 0 Å². The molecule has 0 amide bonds. The molecule has 0 saturated carbocycles. The van der Waals surface area contributed by atoms with Crippen molar-refractivity contribution in [3.8, 4) is 44.5 Å². The number of hydrogen-bond donors (Lipinski definition) is 4. The number of benzene rings is 5. The summed E-state index contributed by atoms with van der Waals surface area (Å²) in [4.78, 5) is 0. The predicted molar refractivity (Wildman–Crippen MR) is 252 cm³/mol. The van der Waals surface area contributed by atoms with Gasteiger partial charge in [0.1, 0.15) is 0 Å². The first-order valence-electron chi connectivity index (χ1n) is 21.6. The summed E-state index contributed by atoms with van der Waals surface area (Å²) >= 11 is 0. The van der Waals surface area contributed by atoms with Gasteiger partial charge < -0.3 is 1.43 Å². The van der Waals surface area contributed by atoms with E-state index < -0.39 is 51.3 Å². The van der Waals surface area contributed by atoms with Crippen molar-refractivity contribution in [2.75, 3.05) is 23.0 Å². The van der Waals surface area contributed by atoms with Gasteiger partial charge in [0.25, 0.3) is 40.5 Å². The summed E-state index contributed by atoms with van der Waals surface area (Å²) in [6, 6.07) is 37.0. The van der Waals surface area contributed by atoms with Crippen molar-refractivity contribution in [3.05, 3.63) is 131 Å². The van der Waals surface area contributed by atoms with E-state index in [-0.39, 0.29) is 79.7 Å². The normalized spacial score (nSPS) is 14.8. The maximum Gasteiger partial charge on any atom is 1.00 e. The smallest absolute Gasteiger partial charge is 1.00 e. The Balaban J connectivity index is 0.00000408. The van der Waals surface area contributed by atoms with Gasteiger partial charge in [0.2, 0.25) is 0 Å². The van der Waals surface area contributed by atoms with Crippen LogP contribution in [0.4, 0.5) is 0 Å². The van der Waals surface area contributed by atoms with Crippen molar-refractivity contribution in [2.45, 2.75) is 87.9 Å². The molecular weight excluding hydrogens is 920 g/mol. The molecule has 12 nitrogen and oxygen atoms in total. The molecule has 0 atom stereocenters. The molecule has 0 radical (unpaired) electrons. The Morgan fingerprint density at radius 3 is 0.892 bits per heavy atom. The zero-order chi connectivity index (χ0) is 46.0. The minimum atomic E-state index is -4.15. The molecule has 0 spiro atoms. The van der Waals surface area contributed by atoms with Gasteiger partial charge in [-0.05, 0) is 130 Å². The maximum absolute atomic E-state index is 11.6. The van der Waals surface area contributed by atoms with Crippen molar-refractivity contribution in [1.29, 1.82) is 0 Å². The summed E-state index contributed by atoms with van der Waals surface area (Å²) in [6.45, 7) is 0. The second kappa shape index (κ2) is 20.5. The minimum absolute atomic E-state index is 0. The standard InChI is InChI=1S/C48H54O12S4.Na.H/c49-61(50,51)29-9-5-25-47(26-6-10-30-62(52,53)54)43-15-3-1-13-39(43)41-23-21-37(33-45(41)47)35-17-19-36(20-18-35)38-22-24-42-40-14-2-4-16-44(40)48(46(42)34-38,27-7-11-31-63(55,56)57)28-8-12-32-64(58,59)60;;/h1-4,13-24,33-34H,5-12,25-32H2,(H,49,50,51)(H,52,53,54)(H,55,56,57)(H,58,59,60);;/q;+1;-1. The Morgan fingerprint density at radius 2 is 0.600 bits per heavy atom. The molecule has 2 aliphatic carbocycles. The Kier molecular flexibility index (Phi) is 16.2. The first-order chi connectivity index (χ1) is 30.2. The van der Waals surface area contributed by atoms with Gasteiger partial charge in [0.05, 0.1) is 23.0 Å². The van der Waals surface area contributed by atoms with E-state index in [9.17, 15) is 51.9 Å².